The Labute approximate surface area is 123 Å². The van der Waals surface area contributed by atoms with Gasteiger partial charge in [0, 0.05) is 11.4 Å². The first-order valence-corrected chi connectivity index (χ1v) is 7.14. The van der Waals surface area contributed by atoms with Crippen LogP contribution in [-0.2, 0) is 6.42 Å². The minimum Gasteiger partial charge on any atom is -0.295 e. The van der Waals surface area contributed by atoms with E-state index in [9.17, 15) is 4.79 Å². The van der Waals surface area contributed by atoms with Crippen molar-refractivity contribution in [3.8, 4) is 0 Å². The number of anilines is 1. The lowest BCUT2D eigenvalue weighted by atomic mass is 10.3. The molecule has 102 valence electrons. The van der Waals surface area contributed by atoms with E-state index in [4.69, 9.17) is 11.6 Å². The third-order valence-corrected chi connectivity index (χ3v) is 3.81. The number of carbonyl (C=O) groups excluding carboxylic acids is 1. The van der Waals surface area contributed by atoms with Crippen molar-refractivity contribution in [2.24, 2.45) is 0 Å². The van der Waals surface area contributed by atoms with Gasteiger partial charge in [0.25, 0.3) is 5.91 Å². The molecule has 0 unspecified atom stereocenters. The van der Waals surface area contributed by atoms with Gasteiger partial charge in [-0.15, -0.1) is 5.10 Å². The van der Waals surface area contributed by atoms with E-state index in [1.54, 1.807) is 6.07 Å². The lowest BCUT2D eigenvalue weighted by Crippen LogP contribution is -2.13. The minimum absolute atomic E-state index is 0.110. The fourth-order valence-corrected chi connectivity index (χ4v) is 2.80. The molecule has 2 N–H and O–H groups in total. The number of nitrogens with one attached hydrogen (secondary N) is 2. The smallest absolute Gasteiger partial charge is 0.295 e. The van der Waals surface area contributed by atoms with Crippen LogP contribution in [0.5, 0.6) is 0 Å². The van der Waals surface area contributed by atoms with Crippen molar-refractivity contribution >= 4 is 44.2 Å². The molecule has 0 saturated heterocycles. The van der Waals surface area contributed by atoms with Crippen LogP contribution in [0.25, 0.3) is 10.2 Å². The van der Waals surface area contributed by atoms with Gasteiger partial charge in [-0.3, -0.25) is 15.2 Å². The zero-order valence-corrected chi connectivity index (χ0v) is 12.0. The van der Waals surface area contributed by atoms with Crippen molar-refractivity contribution in [3.63, 3.8) is 0 Å². The molecular formula is C12H10ClN5OS. The molecule has 2 heterocycles. The lowest BCUT2D eigenvalue weighted by Gasteiger charge is -1.95. The van der Waals surface area contributed by atoms with Crippen molar-refractivity contribution in [2.75, 3.05) is 5.32 Å². The first-order valence-electron chi connectivity index (χ1n) is 5.94. The van der Waals surface area contributed by atoms with Crippen LogP contribution in [0.2, 0.25) is 5.02 Å². The summed E-state index contributed by atoms with van der Waals surface area (Å²) in [6.45, 7) is 1.93. The third kappa shape index (κ3) is 2.50. The number of carbonyl (C=O) groups is 1. The van der Waals surface area contributed by atoms with Gasteiger partial charge < -0.3 is 0 Å². The van der Waals surface area contributed by atoms with Gasteiger partial charge in [0.05, 0.1) is 10.2 Å². The number of thiazole rings is 1. The molecule has 0 atom stereocenters. The van der Waals surface area contributed by atoms with E-state index in [1.807, 2.05) is 19.1 Å². The van der Waals surface area contributed by atoms with E-state index < -0.39 is 0 Å². The van der Waals surface area contributed by atoms with Crippen LogP contribution < -0.4 is 5.32 Å². The van der Waals surface area contributed by atoms with Crippen molar-refractivity contribution < 1.29 is 4.79 Å². The number of benzene rings is 1. The average Bonchev–Trinajstić information content (AvgIpc) is 3.03. The molecule has 3 aromatic rings. The minimum atomic E-state index is -0.383. The Morgan fingerprint density at radius 3 is 3.05 bits per heavy atom. The molecule has 0 spiro atoms. The van der Waals surface area contributed by atoms with E-state index in [-0.39, 0.29) is 11.7 Å². The molecule has 0 saturated carbocycles. The Kier molecular flexibility index (Phi) is 3.37. The van der Waals surface area contributed by atoms with Gasteiger partial charge in [-0.05, 0) is 18.2 Å². The molecule has 0 aliphatic carbocycles. The Bertz CT molecular complexity index is 781. The number of nitrogens with zero attached hydrogens (tertiary/aromatic N) is 3. The third-order valence-electron chi connectivity index (χ3n) is 2.64. The van der Waals surface area contributed by atoms with Crippen molar-refractivity contribution in [3.05, 3.63) is 34.9 Å². The van der Waals surface area contributed by atoms with Crippen molar-refractivity contribution in [2.45, 2.75) is 13.3 Å². The topological polar surface area (TPSA) is 83.6 Å². The molecule has 0 aliphatic rings. The van der Waals surface area contributed by atoms with E-state index in [1.165, 1.54) is 11.3 Å². The number of fused-ring (bicyclic) bond motifs is 1. The normalized spacial score (nSPS) is 10.9. The zero-order valence-electron chi connectivity index (χ0n) is 10.5. The molecule has 1 amide bonds. The first kappa shape index (κ1) is 13.0. The van der Waals surface area contributed by atoms with Gasteiger partial charge in [0.2, 0.25) is 5.82 Å². The number of hydrogen-bond acceptors (Lipinski definition) is 5. The second-order valence-corrected chi connectivity index (χ2v) is 5.51. The highest BCUT2D eigenvalue weighted by molar-refractivity contribution is 7.22. The summed E-state index contributed by atoms with van der Waals surface area (Å²) in [7, 11) is 0. The van der Waals surface area contributed by atoms with Crippen LogP contribution in [0.1, 0.15) is 23.4 Å². The number of aromatic amines is 1. The summed E-state index contributed by atoms with van der Waals surface area (Å²) in [5.74, 6) is 0.400. The molecule has 0 fully saturated rings. The molecule has 8 heteroatoms. The van der Waals surface area contributed by atoms with Crippen LogP contribution in [0.4, 0.5) is 5.13 Å². The van der Waals surface area contributed by atoms with E-state index >= 15 is 0 Å². The maximum absolute atomic E-state index is 12.0. The van der Waals surface area contributed by atoms with E-state index in [2.05, 4.69) is 25.5 Å². The predicted molar refractivity (Wildman–Crippen MR) is 78.3 cm³/mol. The average molecular weight is 308 g/mol. The van der Waals surface area contributed by atoms with Crippen LogP contribution in [0.15, 0.2) is 18.2 Å². The molecule has 3 rings (SSSR count). The van der Waals surface area contributed by atoms with Gasteiger partial charge in [-0.1, -0.05) is 29.9 Å². The van der Waals surface area contributed by atoms with Crippen LogP contribution in [0, 0.1) is 0 Å². The van der Waals surface area contributed by atoms with Gasteiger partial charge in [0.1, 0.15) is 5.82 Å². The summed E-state index contributed by atoms with van der Waals surface area (Å²) in [4.78, 5) is 20.3. The van der Waals surface area contributed by atoms with Crippen LogP contribution in [0.3, 0.4) is 0 Å². The van der Waals surface area contributed by atoms with E-state index in [0.29, 0.717) is 22.4 Å². The number of H-pyrrole nitrogens is 1. The summed E-state index contributed by atoms with van der Waals surface area (Å²) in [6.07, 6.45) is 0.694. The highest BCUT2D eigenvalue weighted by atomic mass is 35.5. The summed E-state index contributed by atoms with van der Waals surface area (Å²) in [5, 5.41) is 10.4. The Morgan fingerprint density at radius 1 is 1.45 bits per heavy atom. The number of halogens is 1. The quantitative estimate of drug-likeness (QED) is 0.779. The lowest BCUT2D eigenvalue weighted by molar-refractivity contribution is 0.101. The largest absolute Gasteiger partial charge is 0.297 e. The number of rotatable bonds is 3. The van der Waals surface area contributed by atoms with Gasteiger partial charge in [-0.2, -0.15) is 0 Å². The Morgan fingerprint density at radius 2 is 2.30 bits per heavy atom. The molecular weight excluding hydrogens is 298 g/mol. The summed E-state index contributed by atoms with van der Waals surface area (Å²) in [5.41, 5.74) is 0.791. The van der Waals surface area contributed by atoms with E-state index in [0.717, 1.165) is 10.2 Å². The van der Waals surface area contributed by atoms with Crippen LogP contribution in [-0.4, -0.2) is 26.1 Å². The molecule has 0 aliphatic heterocycles. The highest BCUT2D eigenvalue weighted by Crippen LogP contribution is 2.28. The standard InChI is InChI=1S/C12H10ClN5OS/c1-2-9-15-10(18-17-9)11(19)16-12-14-7-4-3-6(13)5-8(7)20-12/h3-5H,2H2,1H3,(H,14,16,19)(H,15,17,18). The highest BCUT2D eigenvalue weighted by Gasteiger charge is 2.14. The number of aryl methyl sites for hydroxylation is 1. The SMILES string of the molecule is CCc1nc(C(=O)Nc2nc3ccc(Cl)cc3s2)n[nH]1. The second-order valence-electron chi connectivity index (χ2n) is 4.04. The fourth-order valence-electron chi connectivity index (χ4n) is 1.66. The zero-order chi connectivity index (χ0) is 14.1. The predicted octanol–water partition coefficient (Wildman–Crippen LogP) is 2.88. The van der Waals surface area contributed by atoms with Crippen LogP contribution >= 0.6 is 22.9 Å². The maximum atomic E-state index is 12.0. The Balaban J connectivity index is 1.83. The monoisotopic (exact) mass is 307 g/mol. The molecule has 2 aromatic heterocycles. The summed E-state index contributed by atoms with van der Waals surface area (Å²) in [6, 6.07) is 5.38. The molecule has 0 bridgehead atoms. The van der Waals surface area contributed by atoms with Crippen molar-refractivity contribution in [1.29, 1.82) is 0 Å². The molecule has 0 radical (unpaired) electrons. The number of aromatic nitrogens is 4. The molecule has 20 heavy (non-hydrogen) atoms. The number of hydrogen-bond donors (Lipinski definition) is 2. The fraction of sp³-hybridized carbons (Fsp3) is 0.167. The van der Waals surface area contributed by atoms with Crippen molar-refractivity contribution in [1.82, 2.24) is 20.2 Å². The number of amides is 1. The maximum Gasteiger partial charge on any atom is 0.297 e. The molecule has 1 aromatic carbocycles. The summed E-state index contributed by atoms with van der Waals surface area (Å²) >= 11 is 7.27. The Hall–Kier alpha value is -1.99. The summed E-state index contributed by atoms with van der Waals surface area (Å²) < 4.78 is 0.914. The van der Waals surface area contributed by atoms with Gasteiger partial charge in [-0.25, -0.2) is 9.97 Å². The van der Waals surface area contributed by atoms with Gasteiger partial charge >= 0.3 is 0 Å². The molecule has 6 nitrogen and oxygen atoms in total. The first-order chi connectivity index (χ1) is 9.65. The second kappa shape index (κ2) is 5.18. The van der Waals surface area contributed by atoms with Gasteiger partial charge in [0.15, 0.2) is 5.13 Å².